The van der Waals surface area contributed by atoms with Gasteiger partial charge in [0.2, 0.25) is 0 Å². The van der Waals surface area contributed by atoms with Crippen molar-refractivity contribution in [3.63, 3.8) is 0 Å². The Balaban J connectivity index is 1.79. The van der Waals surface area contributed by atoms with Crippen LogP contribution in [0, 0.1) is 0 Å². The van der Waals surface area contributed by atoms with E-state index < -0.39 is 0 Å². The average molecular weight is 280 g/mol. The zero-order valence-electron chi connectivity index (χ0n) is 11.6. The lowest BCUT2D eigenvalue weighted by Gasteiger charge is -2.23. The molecule has 0 spiro atoms. The molecule has 0 aromatic heterocycles. The van der Waals surface area contributed by atoms with Crippen LogP contribution in [-0.4, -0.2) is 38.9 Å². The van der Waals surface area contributed by atoms with Gasteiger partial charge in [0.05, 0.1) is 12.8 Å². The van der Waals surface area contributed by atoms with E-state index in [1.54, 1.807) is 25.3 Å². The highest BCUT2D eigenvalue weighted by Gasteiger charge is 2.16. The number of nitrogens with one attached hydrogen (secondary N) is 1. The Bertz CT molecular complexity index is 458. The van der Waals surface area contributed by atoms with Crippen LogP contribution >= 0.6 is 0 Å². The van der Waals surface area contributed by atoms with Crippen molar-refractivity contribution in [1.29, 1.82) is 0 Å². The van der Waals surface area contributed by atoms with Gasteiger partial charge >= 0.3 is 0 Å². The molecule has 6 heteroatoms. The van der Waals surface area contributed by atoms with E-state index in [4.69, 9.17) is 19.9 Å². The lowest BCUT2D eigenvalue weighted by atomic mass is 10.1. The molecule has 1 saturated heterocycles. The maximum atomic E-state index is 11.8. The smallest absolute Gasteiger partial charge is 0.258 e. The van der Waals surface area contributed by atoms with Crippen LogP contribution in [0.15, 0.2) is 18.2 Å². The van der Waals surface area contributed by atoms with Gasteiger partial charge in [0, 0.05) is 25.3 Å². The first-order chi connectivity index (χ1) is 9.69. The minimum atomic E-state index is -0.133. The predicted octanol–water partition coefficient (Wildman–Crippen LogP) is 0.951. The van der Waals surface area contributed by atoms with E-state index >= 15 is 0 Å². The number of nitrogens with two attached hydrogens (primary N) is 1. The number of methoxy groups -OCH3 is 1. The predicted molar refractivity (Wildman–Crippen MR) is 74.9 cm³/mol. The van der Waals surface area contributed by atoms with Crippen molar-refractivity contribution in [1.82, 2.24) is 5.32 Å². The van der Waals surface area contributed by atoms with Crippen molar-refractivity contribution in [2.45, 2.75) is 18.9 Å². The van der Waals surface area contributed by atoms with Gasteiger partial charge in [-0.25, -0.2) is 0 Å². The van der Waals surface area contributed by atoms with Gasteiger partial charge in [-0.3, -0.25) is 4.79 Å². The van der Waals surface area contributed by atoms with Crippen molar-refractivity contribution in [3.8, 4) is 11.5 Å². The average Bonchev–Trinajstić information content (AvgIpc) is 2.46. The Kier molecular flexibility index (Phi) is 5.06. The normalized spacial score (nSPS) is 15.7. The number of benzene rings is 1. The van der Waals surface area contributed by atoms with Crippen LogP contribution in [0.4, 0.5) is 5.69 Å². The first-order valence-electron chi connectivity index (χ1n) is 6.62. The lowest BCUT2D eigenvalue weighted by molar-refractivity contribution is -0.124. The van der Waals surface area contributed by atoms with Crippen molar-refractivity contribution in [2.24, 2.45) is 0 Å². The van der Waals surface area contributed by atoms with Gasteiger partial charge in [-0.15, -0.1) is 0 Å². The Morgan fingerprint density at radius 3 is 2.85 bits per heavy atom. The molecule has 1 amide bonds. The van der Waals surface area contributed by atoms with Crippen LogP contribution in [-0.2, 0) is 9.53 Å². The highest BCUT2D eigenvalue weighted by Crippen LogP contribution is 2.25. The fourth-order valence-electron chi connectivity index (χ4n) is 2.06. The van der Waals surface area contributed by atoms with E-state index in [0.29, 0.717) is 30.4 Å². The zero-order valence-corrected chi connectivity index (χ0v) is 11.6. The number of carbonyl (C=O) groups is 1. The quantitative estimate of drug-likeness (QED) is 0.785. The van der Waals surface area contributed by atoms with E-state index in [1.165, 1.54) is 0 Å². The molecule has 1 heterocycles. The SMILES string of the molecule is COc1ccc(OCC(=O)NC2CCOCC2)cc1N. The molecule has 2 rings (SSSR count). The number of carbonyl (C=O) groups excluding carboxylic acids is 1. The maximum absolute atomic E-state index is 11.8. The summed E-state index contributed by atoms with van der Waals surface area (Å²) in [7, 11) is 1.55. The Morgan fingerprint density at radius 2 is 2.20 bits per heavy atom. The van der Waals surface area contributed by atoms with E-state index in [1.807, 2.05) is 0 Å². The summed E-state index contributed by atoms with van der Waals surface area (Å²) in [6.07, 6.45) is 1.70. The summed E-state index contributed by atoms with van der Waals surface area (Å²) in [5.74, 6) is 1.00. The topological polar surface area (TPSA) is 82.8 Å². The van der Waals surface area contributed by atoms with E-state index in [2.05, 4.69) is 5.32 Å². The molecule has 0 saturated carbocycles. The summed E-state index contributed by atoms with van der Waals surface area (Å²) in [5.41, 5.74) is 6.25. The van der Waals surface area contributed by atoms with E-state index in [0.717, 1.165) is 12.8 Å². The zero-order chi connectivity index (χ0) is 14.4. The molecule has 1 aromatic rings. The molecule has 0 radical (unpaired) electrons. The van der Waals surface area contributed by atoms with Gasteiger partial charge in [-0.1, -0.05) is 0 Å². The number of hydrogen-bond acceptors (Lipinski definition) is 5. The molecule has 20 heavy (non-hydrogen) atoms. The maximum Gasteiger partial charge on any atom is 0.258 e. The summed E-state index contributed by atoms with van der Waals surface area (Å²) in [4.78, 5) is 11.8. The number of anilines is 1. The van der Waals surface area contributed by atoms with Crippen LogP contribution in [0.2, 0.25) is 0 Å². The molecule has 3 N–H and O–H groups in total. The second kappa shape index (κ2) is 7.00. The minimum absolute atomic E-state index is 0.0247. The second-order valence-electron chi connectivity index (χ2n) is 4.65. The van der Waals surface area contributed by atoms with Gasteiger partial charge in [0.25, 0.3) is 5.91 Å². The first kappa shape index (κ1) is 14.5. The largest absolute Gasteiger partial charge is 0.495 e. The summed E-state index contributed by atoms with van der Waals surface area (Å²) in [5, 5.41) is 2.93. The third-order valence-electron chi connectivity index (χ3n) is 3.16. The van der Waals surface area contributed by atoms with E-state index in [-0.39, 0.29) is 18.6 Å². The number of nitrogen functional groups attached to an aromatic ring is 1. The third kappa shape index (κ3) is 4.03. The standard InChI is InChI=1S/C14H20N2O4/c1-18-13-3-2-11(8-12(13)15)20-9-14(17)16-10-4-6-19-7-5-10/h2-3,8,10H,4-7,9,15H2,1H3,(H,16,17). The molecule has 1 aliphatic rings. The summed E-state index contributed by atoms with van der Waals surface area (Å²) >= 11 is 0. The molecular formula is C14H20N2O4. The highest BCUT2D eigenvalue weighted by atomic mass is 16.5. The monoisotopic (exact) mass is 280 g/mol. The van der Waals surface area contributed by atoms with Crippen LogP contribution in [0.5, 0.6) is 11.5 Å². The van der Waals surface area contributed by atoms with Crippen LogP contribution in [0.1, 0.15) is 12.8 Å². The summed E-state index contributed by atoms with van der Waals surface area (Å²) < 4.78 is 15.7. The molecule has 0 atom stereocenters. The molecule has 110 valence electrons. The van der Waals surface area contributed by atoms with Gasteiger partial charge in [-0.05, 0) is 25.0 Å². The summed E-state index contributed by atoms with van der Waals surface area (Å²) in [6.45, 7) is 1.37. The van der Waals surface area contributed by atoms with Crippen LogP contribution in [0.25, 0.3) is 0 Å². The van der Waals surface area contributed by atoms with Crippen LogP contribution < -0.4 is 20.5 Å². The molecule has 1 aliphatic heterocycles. The fourth-order valence-corrected chi connectivity index (χ4v) is 2.06. The van der Waals surface area contributed by atoms with Gasteiger partial charge in [0.15, 0.2) is 6.61 Å². The number of ether oxygens (including phenoxy) is 3. The molecule has 6 nitrogen and oxygen atoms in total. The molecule has 0 bridgehead atoms. The third-order valence-corrected chi connectivity index (χ3v) is 3.16. The Morgan fingerprint density at radius 1 is 1.45 bits per heavy atom. The minimum Gasteiger partial charge on any atom is -0.495 e. The highest BCUT2D eigenvalue weighted by molar-refractivity contribution is 5.77. The Labute approximate surface area is 118 Å². The molecular weight excluding hydrogens is 260 g/mol. The number of rotatable bonds is 5. The van der Waals surface area contributed by atoms with Gasteiger partial charge in [0.1, 0.15) is 11.5 Å². The van der Waals surface area contributed by atoms with Crippen molar-refractivity contribution in [3.05, 3.63) is 18.2 Å². The second-order valence-corrected chi connectivity index (χ2v) is 4.65. The lowest BCUT2D eigenvalue weighted by Crippen LogP contribution is -2.41. The number of amides is 1. The Hall–Kier alpha value is -1.95. The fraction of sp³-hybridized carbons (Fsp3) is 0.500. The van der Waals surface area contributed by atoms with Gasteiger partial charge in [-0.2, -0.15) is 0 Å². The molecule has 1 aromatic carbocycles. The van der Waals surface area contributed by atoms with Crippen molar-refractivity contribution < 1.29 is 19.0 Å². The molecule has 0 unspecified atom stereocenters. The number of hydrogen-bond donors (Lipinski definition) is 2. The van der Waals surface area contributed by atoms with Gasteiger partial charge < -0.3 is 25.3 Å². The summed E-state index contributed by atoms with van der Waals surface area (Å²) in [6, 6.07) is 5.25. The first-order valence-corrected chi connectivity index (χ1v) is 6.62. The van der Waals surface area contributed by atoms with Crippen LogP contribution in [0.3, 0.4) is 0 Å². The van der Waals surface area contributed by atoms with Crippen molar-refractivity contribution >= 4 is 11.6 Å². The molecule has 1 fully saturated rings. The molecule has 0 aliphatic carbocycles. The van der Waals surface area contributed by atoms with Crippen molar-refractivity contribution in [2.75, 3.05) is 32.7 Å². The van der Waals surface area contributed by atoms with E-state index in [9.17, 15) is 4.79 Å².